The molecule has 0 bridgehead atoms. The van der Waals surface area contributed by atoms with Gasteiger partial charge in [0.05, 0.1) is 33.3 Å². The molecule has 0 atom stereocenters. The maximum atomic E-state index is 7.40. The Morgan fingerprint density at radius 2 is 0.538 bits per heavy atom. The number of aromatic nitrogens is 4. The molecule has 4 heterocycles. The second-order valence-corrected chi connectivity index (χ2v) is 28.2. The van der Waals surface area contributed by atoms with Gasteiger partial charge in [-0.05, 0) is 142 Å². The Bertz CT molecular complexity index is 6610. The highest BCUT2D eigenvalue weighted by molar-refractivity contribution is 6.04. The van der Waals surface area contributed by atoms with Crippen LogP contribution in [0.1, 0.15) is 44.5 Å². The van der Waals surface area contributed by atoms with E-state index in [9.17, 15) is 0 Å². The third-order valence-corrected chi connectivity index (χ3v) is 22.7. The minimum absolute atomic E-state index is 0.532. The van der Waals surface area contributed by atoms with Crippen molar-refractivity contribution in [3.8, 4) is 135 Å². The molecule has 18 aromatic rings. The Morgan fingerprint density at radius 3 is 1.10 bits per heavy atom. The minimum Gasteiger partial charge on any atom is -0.457 e. The number of nitrogens with zero attached hydrogens (tertiary/aromatic N) is 4. The quantitative estimate of drug-likeness (QED) is 0.151. The number of rotatable bonds is 8. The average molecular weight is 1350 g/mol. The third-order valence-electron chi connectivity index (χ3n) is 22.7. The fraction of sp³-hybridized carbons (Fsp3) is 0.0200. The van der Waals surface area contributed by atoms with Crippen LogP contribution in [0.4, 0.5) is 0 Å². The number of hydrogen-bond donors (Lipinski definition) is 0. The first kappa shape index (κ1) is 59.7. The molecule has 2 aliphatic heterocycles. The minimum atomic E-state index is -0.670. The van der Waals surface area contributed by atoms with Gasteiger partial charge in [0, 0.05) is 55.3 Å². The van der Waals surface area contributed by atoms with E-state index in [-0.39, 0.29) is 0 Å². The molecule has 2 aliphatic carbocycles. The molecule has 0 N–H and O–H groups in total. The van der Waals surface area contributed by atoms with Crippen molar-refractivity contribution < 1.29 is 9.47 Å². The van der Waals surface area contributed by atoms with Gasteiger partial charge in [0.15, 0.2) is 11.6 Å². The summed E-state index contributed by atoms with van der Waals surface area (Å²) >= 11 is 0. The van der Waals surface area contributed by atoms with Crippen molar-refractivity contribution in [3.05, 3.63) is 408 Å². The maximum Gasteiger partial charge on any atom is 0.160 e. The molecule has 106 heavy (non-hydrogen) atoms. The first-order chi connectivity index (χ1) is 52.5. The topological polar surface area (TPSA) is 70.0 Å². The molecule has 16 aromatic carbocycles. The summed E-state index contributed by atoms with van der Waals surface area (Å²) in [5.74, 6) is 4.63. The molecule has 2 aromatic heterocycles. The SMILES string of the molecule is c1ccc(-c2ccc(-c3nc(-c4ccc(-c5ccc6c(c5)Oc5ccccc5C65c6ccccc6-c6ccccc65)cc4)nc4cc(-c5ccc6c(c5)Oc5cc(-c7ccc(-c8nc(-c9cccc%10ccccc9%10)c9ccccc9n8)cc7)ccc5C65c6ccccc6-c6ccccc65)ccc34)cc2)cc1. The highest BCUT2D eigenvalue weighted by atomic mass is 16.5. The summed E-state index contributed by atoms with van der Waals surface area (Å²) in [6.45, 7) is 0. The molecule has 0 amide bonds. The lowest BCUT2D eigenvalue weighted by Gasteiger charge is -2.39. The van der Waals surface area contributed by atoms with Crippen molar-refractivity contribution in [1.29, 1.82) is 0 Å². The van der Waals surface area contributed by atoms with E-state index < -0.39 is 10.8 Å². The second kappa shape index (κ2) is 23.3. The van der Waals surface area contributed by atoms with E-state index in [1.807, 2.05) is 6.07 Å². The van der Waals surface area contributed by atoms with Gasteiger partial charge < -0.3 is 9.47 Å². The summed E-state index contributed by atoms with van der Waals surface area (Å²) in [4.78, 5) is 21.5. The van der Waals surface area contributed by atoms with Gasteiger partial charge in [-0.2, -0.15) is 0 Å². The van der Waals surface area contributed by atoms with Gasteiger partial charge in [0.2, 0.25) is 0 Å². The maximum absolute atomic E-state index is 7.40. The molecule has 6 heteroatoms. The number of para-hydroxylation sites is 2. The first-order valence-corrected chi connectivity index (χ1v) is 36.2. The lowest BCUT2D eigenvalue weighted by molar-refractivity contribution is 0.436. The highest BCUT2D eigenvalue weighted by Gasteiger charge is 2.53. The third kappa shape index (κ3) is 8.92. The zero-order valence-corrected chi connectivity index (χ0v) is 57.2. The van der Waals surface area contributed by atoms with Crippen molar-refractivity contribution in [2.75, 3.05) is 0 Å². The number of ether oxygens (including phenoxy) is 2. The molecule has 0 unspecified atom stereocenters. The molecule has 0 fully saturated rings. The van der Waals surface area contributed by atoms with E-state index in [0.29, 0.717) is 11.6 Å². The van der Waals surface area contributed by atoms with Crippen LogP contribution in [0.15, 0.2) is 364 Å². The van der Waals surface area contributed by atoms with Gasteiger partial charge in [-0.3, -0.25) is 0 Å². The van der Waals surface area contributed by atoms with Crippen LogP contribution in [0, 0.1) is 0 Å². The molecule has 4 aliphatic rings. The molecule has 6 nitrogen and oxygen atoms in total. The van der Waals surface area contributed by atoms with Crippen LogP contribution < -0.4 is 9.47 Å². The lowest BCUT2D eigenvalue weighted by atomic mass is 9.65. The molecule has 22 rings (SSSR count). The van der Waals surface area contributed by atoms with Crippen LogP contribution in [-0.2, 0) is 10.8 Å². The Morgan fingerprint density at radius 1 is 0.189 bits per heavy atom. The molecule has 2 spiro atoms. The number of benzene rings is 16. The Hall–Kier alpha value is -13.9. The van der Waals surface area contributed by atoms with Gasteiger partial charge in [0.25, 0.3) is 0 Å². The van der Waals surface area contributed by atoms with Crippen LogP contribution >= 0.6 is 0 Å². The van der Waals surface area contributed by atoms with Crippen LogP contribution in [0.5, 0.6) is 23.0 Å². The van der Waals surface area contributed by atoms with Gasteiger partial charge in [-0.1, -0.05) is 322 Å². The predicted molar refractivity (Wildman–Crippen MR) is 428 cm³/mol. The summed E-state index contributed by atoms with van der Waals surface area (Å²) in [6, 6.07) is 131. The molecule has 0 radical (unpaired) electrons. The van der Waals surface area contributed by atoms with Crippen molar-refractivity contribution in [2.24, 2.45) is 0 Å². The molecule has 492 valence electrons. The second-order valence-electron chi connectivity index (χ2n) is 28.2. The largest absolute Gasteiger partial charge is 0.457 e. The average Bonchev–Trinajstić information content (AvgIpc) is 1.50. The first-order valence-electron chi connectivity index (χ1n) is 36.2. The monoisotopic (exact) mass is 1350 g/mol. The Balaban J connectivity index is 0.640. The molecule has 0 saturated heterocycles. The van der Waals surface area contributed by atoms with Gasteiger partial charge in [-0.15, -0.1) is 0 Å². The van der Waals surface area contributed by atoms with Crippen LogP contribution in [0.2, 0.25) is 0 Å². The summed E-state index contributed by atoms with van der Waals surface area (Å²) in [6.07, 6.45) is 0. The highest BCUT2D eigenvalue weighted by Crippen LogP contribution is 2.65. The summed E-state index contributed by atoms with van der Waals surface area (Å²) < 4.78 is 14.3. The Kier molecular flexibility index (Phi) is 13.1. The van der Waals surface area contributed by atoms with Gasteiger partial charge in [-0.25, -0.2) is 19.9 Å². The molecular weight excluding hydrogens is 1290 g/mol. The van der Waals surface area contributed by atoms with Crippen LogP contribution in [0.25, 0.3) is 145 Å². The zero-order valence-electron chi connectivity index (χ0n) is 57.2. The fourth-order valence-corrected chi connectivity index (χ4v) is 17.9. The summed E-state index contributed by atoms with van der Waals surface area (Å²) in [5, 5.41) is 4.30. The lowest BCUT2D eigenvalue weighted by Crippen LogP contribution is -2.32. The van der Waals surface area contributed by atoms with Crippen molar-refractivity contribution in [2.45, 2.75) is 10.8 Å². The number of fused-ring (bicyclic) bond motifs is 21. The van der Waals surface area contributed by atoms with E-state index >= 15 is 0 Å². The smallest absolute Gasteiger partial charge is 0.160 e. The van der Waals surface area contributed by atoms with E-state index in [1.54, 1.807) is 0 Å². The standard InChI is InChI=1S/C100H60N4O2/c1-2-19-61(20-3-1)62-37-43-66(44-38-62)95-80-53-49-69(57-90(80)102-98(103-95)68-47-41-63(42-48-68)70-50-54-86-92(58-70)105-91-36-17-15-34-85(91)99(86)81-30-11-6-24-74(81)75-25-7-12-31-82(75)99)72-52-56-88-94(60-72)106-93-59-71(51-55-87(93)100(88)83-32-13-8-26-76(83)77-27-9-14-33-84(77)100)64-39-45-67(46-40-64)97-101-89-35-16-10-28-79(89)96(104-97)78-29-18-22-65-21-4-5-23-73(65)78/h1-60H. The van der Waals surface area contributed by atoms with Crippen LogP contribution in [0.3, 0.4) is 0 Å². The van der Waals surface area contributed by atoms with Gasteiger partial charge >= 0.3 is 0 Å². The van der Waals surface area contributed by atoms with E-state index in [4.69, 9.17) is 29.4 Å². The van der Waals surface area contributed by atoms with E-state index in [2.05, 4.69) is 358 Å². The van der Waals surface area contributed by atoms with Gasteiger partial charge in [0.1, 0.15) is 23.0 Å². The van der Waals surface area contributed by atoms with Crippen molar-refractivity contribution in [1.82, 2.24) is 19.9 Å². The normalized spacial score (nSPS) is 13.4. The van der Waals surface area contributed by atoms with E-state index in [0.717, 1.165) is 151 Å². The Labute approximate surface area is 612 Å². The predicted octanol–water partition coefficient (Wildman–Crippen LogP) is 25.0. The van der Waals surface area contributed by atoms with Crippen molar-refractivity contribution in [3.63, 3.8) is 0 Å². The van der Waals surface area contributed by atoms with Crippen LogP contribution in [-0.4, -0.2) is 19.9 Å². The van der Waals surface area contributed by atoms with Crippen molar-refractivity contribution >= 4 is 32.6 Å². The fourth-order valence-electron chi connectivity index (χ4n) is 17.9. The molecular formula is C100H60N4O2. The zero-order chi connectivity index (χ0) is 69.6. The number of hydrogen-bond acceptors (Lipinski definition) is 6. The van der Waals surface area contributed by atoms with E-state index in [1.165, 1.54) is 49.9 Å². The summed E-state index contributed by atoms with van der Waals surface area (Å²) in [7, 11) is 0. The molecule has 0 saturated carbocycles. The summed E-state index contributed by atoms with van der Waals surface area (Å²) in [5.41, 5.74) is 29.2.